The van der Waals surface area contributed by atoms with E-state index < -0.39 is 0 Å². The van der Waals surface area contributed by atoms with Gasteiger partial charge in [-0.15, -0.1) is 0 Å². The molecule has 1 heterocycles. The number of benzene rings is 1. The summed E-state index contributed by atoms with van der Waals surface area (Å²) < 4.78 is 1.09. The zero-order valence-corrected chi connectivity index (χ0v) is 10.0. The number of hydrogen-bond acceptors (Lipinski definition) is 2. The lowest BCUT2D eigenvalue weighted by atomic mass is 10.2. The molecule has 0 aliphatic rings. The average Bonchev–Trinajstić information content (AvgIpc) is 2.67. The Morgan fingerprint density at radius 1 is 1.29 bits per heavy atom. The van der Waals surface area contributed by atoms with Crippen LogP contribution in [0.25, 0.3) is 11.3 Å². The molecule has 0 aliphatic heterocycles. The summed E-state index contributed by atoms with van der Waals surface area (Å²) in [5.74, 6) is 0. The number of halogens is 1. The molecule has 1 aromatic heterocycles. The average molecular weight is 269 g/mol. The van der Waals surface area contributed by atoms with Gasteiger partial charge in [-0.3, -0.25) is 0 Å². The summed E-state index contributed by atoms with van der Waals surface area (Å²) in [5, 5.41) is 0.947. The Balaban J connectivity index is 2.34. The van der Waals surface area contributed by atoms with Gasteiger partial charge < -0.3 is 4.98 Å². The third-order valence-electron chi connectivity index (χ3n) is 1.90. The van der Waals surface area contributed by atoms with Crippen molar-refractivity contribution in [1.82, 2.24) is 9.97 Å². The fourth-order valence-corrected chi connectivity index (χ4v) is 1.82. The van der Waals surface area contributed by atoms with Crippen LogP contribution < -0.4 is 0 Å². The van der Waals surface area contributed by atoms with Crippen molar-refractivity contribution in [3.8, 4) is 11.3 Å². The van der Waals surface area contributed by atoms with E-state index in [0.29, 0.717) is 0 Å². The van der Waals surface area contributed by atoms with Crippen molar-refractivity contribution in [2.45, 2.75) is 5.16 Å². The van der Waals surface area contributed by atoms with E-state index in [9.17, 15) is 0 Å². The van der Waals surface area contributed by atoms with E-state index in [4.69, 9.17) is 0 Å². The lowest BCUT2D eigenvalue weighted by Crippen LogP contribution is -1.76. The Bertz CT molecular complexity index is 422. The summed E-state index contributed by atoms with van der Waals surface area (Å²) in [4.78, 5) is 7.46. The minimum Gasteiger partial charge on any atom is -0.333 e. The van der Waals surface area contributed by atoms with Gasteiger partial charge in [-0.05, 0) is 24.0 Å². The van der Waals surface area contributed by atoms with E-state index in [-0.39, 0.29) is 0 Å². The molecule has 0 saturated carbocycles. The molecule has 2 aromatic rings. The molecule has 4 heteroatoms. The first-order valence-electron chi connectivity index (χ1n) is 4.14. The molecular weight excluding hydrogens is 260 g/mol. The summed E-state index contributed by atoms with van der Waals surface area (Å²) in [5.41, 5.74) is 2.21. The summed E-state index contributed by atoms with van der Waals surface area (Å²) in [6.45, 7) is 0. The van der Waals surface area contributed by atoms with Crippen LogP contribution in [0, 0.1) is 0 Å². The number of thioether (sulfide) groups is 1. The standard InChI is InChI=1S/C10H9BrN2S/c1-14-10-12-6-9(13-10)7-2-4-8(11)5-3-7/h2-6H,1H3,(H,12,13). The van der Waals surface area contributed by atoms with Crippen LogP contribution in [0.15, 0.2) is 40.1 Å². The SMILES string of the molecule is CSc1ncc(-c2ccc(Br)cc2)[nH]1. The third kappa shape index (κ3) is 2.01. The highest BCUT2D eigenvalue weighted by Crippen LogP contribution is 2.21. The molecule has 0 fully saturated rings. The molecule has 2 rings (SSSR count). The van der Waals surface area contributed by atoms with Crippen molar-refractivity contribution >= 4 is 27.7 Å². The second kappa shape index (κ2) is 4.19. The Morgan fingerprint density at radius 3 is 2.57 bits per heavy atom. The van der Waals surface area contributed by atoms with E-state index in [0.717, 1.165) is 20.9 Å². The maximum Gasteiger partial charge on any atom is 0.165 e. The lowest BCUT2D eigenvalue weighted by molar-refractivity contribution is 1.06. The van der Waals surface area contributed by atoms with E-state index >= 15 is 0 Å². The molecule has 1 N–H and O–H groups in total. The van der Waals surface area contributed by atoms with Gasteiger partial charge in [0.2, 0.25) is 0 Å². The van der Waals surface area contributed by atoms with Crippen molar-refractivity contribution in [3.63, 3.8) is 0 Å². The fourth-order valence-electron chi connectivity index (χ4n) is 1.18. The van der Waals surface area contributed by atoms with Gasteiger partial charge in [0.05, 0.1) is 11.9 Å². The Morgan fingerprint density at radius 2 is 2.00 bits per heavy atom. The monoisotopic (exact) mass is 268 g/mol. The Kier molecular flexibility index (Phi) is 2.93. The van der Waals surface area contributed by atoms with Gasteiger partial charge >= 0.3 is 0 Å². The van der Waals surface area contributed by atoms with Gasteiger partial charge in [0.25, 0.3) is 0 Å². The zero-order valence-electron chi connectivity index (χ0n) is 7.62. The second-order valence-corrected chi connectivity index (χ2v) is 4.52. The van der Waals surface area contributed by atoms with Crippen molar-refractivity contribution in [3.05, 3.63) is 34.9 Å². The molecule has 14 heavy (non-hydrogen) atoms. The Hall–Kier alpha value is -0.740. The smallest absolute Gasteiger partial charge is 0.165 e. The molecule has 0 bridgehead atoms. The lowest BCUT2D eigenvalue weighted by Gasteiger charge is -1.96. The van der Waals surface area contributed by atoms with Gasteiger partial charge in [0.15, 0.2) is 5.16 Å². The van der Waals surface area contributed by atoms with Gasteiger partial charge in [0.1, 0.15) is 0 Å². The minimum atomic E-state index is 0.947. The highest BCUT2D eigenvalue weighted by atomic mass is 79.9. The summed E-state index contributed by atoms with van der Waals surface area (Å²) in [6.07, 6.45) is 3.86. The molecule has 0 atom stereocenters. The molecule has 0 unspecified atom stereocenters. The summed E-state index contributed by atoms with van der Waals surface area (Å²) >= 11 is 5.02. The number of nitrogens with zero attached hydrogens (tertiary/aromatic N) is 1. The van der Waals surface area contributed by atoms with Crippen LogP contribution in [-0.4, -0.2) is 16.2 Å². The van der Waals surface area contributed by atoms with Gasteiger partial charge in [-0.1, -0.05) is 39.8 Å². The predicted octanol–water partition coefficient (Wildman–Crippen LogP) is 3.56. The first kappa shape index (κ1) is 9.80. The molecule has 0 spiro atoms. The van der Waals surface area contributed by atoms with E-state index in [1.165, 1.54) is 0 Å². The summed E-state index contributed by atoms with van der Waals surface area (Å²) in [7, 11) is 0. The van der Waals surface area contributed by atoms with Crippen molar-refractivity contribution in [2.75, 3.05) is 6.26 Å². The largest absolute Gasteiger partial charge is 0.333 e. The van der Waals surface area contributed by atoms with Crippen LogP contribution in [0.1, 0.15) is 0 Å². The van der Waals surface area contributed by atoms with E-state index in [2.05, 4.69) is 38.0 Å². The normalized spacial score (nSPS) is 10.4. The predicted molar refractivity (Wildman–Crippen MR) is 63.5 cm³/mol. The van der Waals surface area contributed by atoms with Crippen molar-refractivity contribution < 1.29 is 0 Å². The first-order valence-corrected chi connectivity index (χ1v) is 6.16. The molecular formula is C10H9BrN2S. The number of hydrogen-bond donors (Lipinski definition) is 1. The molecule has 2 nitrogen and oxygen atoms in total. The van der Waals surface area contributed by atoms with Crippen LogP contribution in [0.4, 0.5) is 0 Å². The minimum absolute atomic E-state index is 0.947. The van der Waals surface area contributed by atoms with Crippen molar-refractivity contribution in [1.29, 1.82) is 0 Å². The van der Waals surface area contributed by atoms with Crippen LogP contribution >= 0.6 is 27.7 Å². The number of imidazole rings is 1. The fraction of sp³-hybridized carbons (Fsp3) is 0.100. The van der Waals surface area contributed by atoms with Crippen molar-refractivity contribution in [2.24, 2.45) is 0 Å². The molecule has 0 aliphatic carbocycles. The topological polar surface area (TPSA) is 28.7 Å². The number of nitrogens with one attached hydrogen (secondary N) is 1. The maximum absolute atomic E-state index is 4.23. The number of rotatable bonds is 2. The van der Waals surface area contributed by atoms with Crippen LogP contribution in [0.2, 0.25) is 0 Å². The first-order chi connectivity index (χ1) is 6.79. The number of H-pyrrole nitrogens is 1. The molecule has 0 amide bonds. The quantitative estimate of drug-likeness (QED) is 0.844. The third-order valence-corrected chi connectivity index (χ3v) is 3.02. The van der Waals surface area contributed by atoms with Crippen LogP contribution in [0.3, 0.4) is 0 Å². The van der Waals surface area contributed by atoms with E-state index in [1.54, 1.807) is 11.8 Å². The highest BCUT2D eigenvalue weighted by Gasteiger charge is 2.01. The van der Waals surface area contributed by atoms with Gasteiger partial charge in [0, 0.05) is 4.47 Å². The molecule has 72 valence electrons. The van der Waals surface area contributed by atoms with E-state index in [1.807, 2.05) is 24.6 Å². The molecule has 0 radical (unpaired) electrons. The maximum atomic E-state index is 4.23. The van der Waals surface area contributed by atoms with Crippen LogP contribution in [0.5, 0.6) is 0 Å². The highest BCUT2D eigenvalue weighted by molar-refractivity contribution is 9.10. The van der Waals surface area contributed by atoms with Gasteiger partial charge in [-0.2, -0.15) is 0 Å². The molecule has 1 aromatic carbocycles. The second-order valence-electron chi connectivity index (χ2n) is 2.81. The summed E-state index contributed by atoms with van der Waals surface area (Å²) in [6, 6.07) is 8.16. The zero-order chi connectivity index (χ0) is 9.97. The number of aromatic amines is 1. The molecule has 0 saturated heterocycles. The van der Waals surface area contributed by atoms with Gasteiger partial charge in [-0.25, -0.2) is 4.98 Å². The van der Waals surface area contributed by atoms with Crippen LogP contribution in [-0.2, 0) is 0 Å². The Labute approximate surface area is 95.3 Å². The number of aromatic nitrogens is 2.